The molecule has 5 nitrogen and oxygen atoms in total. The quantitative estimate of drug-likeness (QED) is 0.755. The van der Waals surface area contributed by atoms with E-state index in [0.717, 1.165) is 30.0 Å². The highest BCUT2D eigenvalue weighted by Gasteiger charge is 2.24. The standard InChI is InChI=1S/C21H24N4O/c1-21(2,3)16-9-7-15(8-10-16)20(26)22-17-11-12-18-23-24-19(25(18)13-17)14-5-4-6-14/h7-14H,4-6H2,1-3H3,(H,22,26). The molecule has 1 amide bonds. The highest BCUT2D eigenvalue weighted by Crippen LogP contribution is 2.35. The Bertz CT molecular complexity index is 946. The molecule has 1 aliphatic carbocycles. The van der Waals surface area contributed by atoms with E-state index in [1.54, 1.807) is 0 Å². The van der Waals surface area contributed by atoms with Crippen molar-refractivity contribution in [1.82, 2.24) is 14.6 Å². The molecule has 4 rings (SSSR count). The molecule has 0 unspecified atom stereocenters. The molecular formula is C21H24N4O. The van der Waals surface area contributed by atoms with Crippen LogP contribution in [0.5, 0.6) is 0 Å². The van der Waals surface area contributed by atoms with Gasteiger partial charge in [-0.2, -0.15) is 0 Å². The average Bonchev–Trinajstić information content (AvgIpc) is 2.96. The number of rotatable bonds is 3. The van der Waals surface area contributed by atoms with E-state index in [-0.39, 0.29) is 11.3 Å². The van der Waals surface area contributed by atoms with Crippen molar-refractivity contribution in [2.45, 2.75) is 51.4 Å². The van der Waals surface area contributed by atoms with Crippen molar-refractivity contribution in [2.24, 2.45) is 0 Å². The molecule has 1 fully saturated rings. The molecule has 0 bridgehead atoms. The topological polar surface area (TPSA) is 59.3 Å². The smallest absolute Gasteiger partial charge is 0.255 e. The number of amides is 1. The minimum absolute atomic E-state index is 0.0758. The molecule has 0 radical (unpaired) electrons. The Kier molecular flexibility index (Phi) is 4.02. The van der Waals surface area contributed by atoms with Crippen molar-refractivity contribution < 1.29 is 4.79 Å². The van der Waals surface area contributed by atoms with Gasteiger partial charge in [0, 0.05) is 17.7 Å². The van der Waals surface area contributed by atoms with Crippen LogP contribution in [0.2, 0.25) is 0 Å². The van der Waals surface area contributed by atoms with Gasteiger partial charge in [-0.1, -0.05) is 39.3 Å². The molecule has 3 aromatic rings. The van der Waals surface area contributed by atoms with E-state index in [4.69, 9.17) is 0 Å². The van der Waals surface area contributed by atoms with Crippen molar-refractivity contribution in [3.8, 4) is 0 Å². The summed E-state index contributed by atoms with van der Waals surface area (Å²) < 4.78 is 2.00. The summed E-state index contributed by atoms with van der Waals surface area (Å²) in [6.45, 7) is 6.49. The lowest BCUT2D eigenvalue weighted by Gasteiger charge is -2.23. The Labute approximate surface area is 153 Å². The second-order valence-electron chi connectivity index (χ2n) is 8.11. The van der Waals surface area contributed by atoms with E-state index >= 15 is 0 Å². The minimum atomic E-state index is -0.108. The van der Waals surface area contributed by atoms with Gasteiger partial charge >= 0.3 is 0 Å². The fourth-order valence-corrected chi connectivity index (χ4v) is 3.25. The number of aromatic nitrogens is 3. The Morgan fingerprint density at radius 1 is 1.08 bits per heavy atom. The van der Waals surface area contributed by atoms with Crippen LogP contribution in [-0.2, 0) is 5.41 Å². The number of carbonyl (C=O) groups excluding carboxylic acids is 1. The summed E-state index contributed by atoms with van der Waals surface area (Å²) in [5.74, 6) is 1.38. The predicted octanol–water partition coefficient (Wildman–Crippen LogP) is 4.55. The molecule has 1 N–H and O–H groups in total. The van der Waals surface area contributed by atoms with E-state index in [9.17, 15) is 4.79 Å². The first-order valence-corrected chi connectivity index (χ1v) is 9.18. The number of anilines is 1. The van der Waals surface area contributed by atoms with Crippen LogP contribution in [0.1, 0.15) is 67.7 Å². The van der Waals surface area contributed by atoms with Gasteiger partial charge in [0.2, 0.25) is 0 Å². The number of nitrogens with one attached hydrogen (secondary N) is 1. The number of benzene rings is 1. The molecule has 2 aromatic heterocycles. The lowest BCUT2D eigenvalue weighted by Crippen LogP contribution is -2.15. The van der Waals surface area contributed by atoms with Crippen molar-refractivity contribution >= 4 is 17.2 Å². The van der Waals surface area contributed by atoms with Crippen molar-refractivity contribution in [3.63, 3.8) is 0 Å². The molecule has 0 atom stereocenters. The molecule has 0 spiro atoms. The summed E-state index contributed by atoms with van der Waals surface area (Å²) in [6, 6.07) is 11.6. The summed E-state index contributed by atoms with van der Waals surface area (Å²) in [6.07, 6.45) is 5.50. The van der Waals surface area contributed by atoms with Crippen LogP contribution in [0.25, 0.3) is 5.65 Å². The Balaban J connectivity index is 1.55. The van der Waals surface area contributed by atoms with Gasteiger partial charge in [0.15, 0.2) is 5.65 Å². The zero-order valence-electron chi connectivity index (χ0n) is 15.5. The van der Waals surface area contributed by atoms with Gasteiger partial charge in [-0.25, -0.2) is 0 Å². The van der Waals surface area contributed by atoms with Crippen molar-refractivity contribution in [3.05, 3.63) is 59.5 Å². The second kappa shape index (κ2) is 6.24. The van der Waals surface area contributed by atoms with Crippen LogP contribution in [0.15, 0.2) is 42.6 Å². The van der Waals surface area contributed by atoms with Gasteiger partial charge in [0.05, 0.1) is 5.69 Å². The SMILES string of the molecule is CC(C)(C)c1ccc(C(=O)Nc2ccc3nnc(C4CCC4)n3c2)cc1. The van der Waals surface area contributed by atoms with Crippen LogP contribution in [0.4, 0.5) is 5.69 Å². The molecule has 1 saturated carbocycles. The third kappa shape index (κ3) is 3.09. The van der Waals surface area contributed by atoms with Crippen LogP contribution < -0.4 is 5.32 Å². The van der Waals surface area contributed by atoms with E-state index in [2.05, 4.69) is 36.3 Å². The number of fused-ring (bicyclic) bond motifs is 1. The summed E-state index contributed by atoms with van der Waals surface area (Å²) in [7, 11) is 0. The summed E-state index contributed by atoms with van der Waals surface area (Å²) in [5, 5.41) is 11.5. The van der Waals surface area contributed by atoms with Crippen LogP contribution in [0, 0.1) is 0 Å². The maximum Gasteiger partial charge on any atom is 0.255 e. The number of nitrogens with zero attached hydrogens (tertiary/aromatic N) is 3. The maximum atomic E-state index is 12.6. The molecule has 1 aromatic carbocycles. The maximum absolute atomic E-state index is 12.6. The number of hydrogen-bond donors (Lipinski definition) is 1. The molecule has 134 valence electrons. The van der Waals surface area contributed by atoms with Gasteiger partial charge < -0.3 is 5.32 Å². The lowest BCUT2D eigenvalue weighted by atomic mass is 9.85. The highest BCUT2D eigenvalue weighted by atomic mass is 16.1. The fourth-order valence-electron chi connectivity index (χ4n) is 3.25. The first kappa shape index (κ1) is 16.8. The second-order valence-corrected chi connectivity index (χ2v) is 8.11. The van der Waals surface area contributed by atoms with Gasteiger partial charge in [-0.05, 0) is 48.1 Å². The molecular weight excluding hydrogens is 324 g/mol. The first-order valence-electron chi connectivity index (χ1n) is 9.18. The highest BCUT2D eigenvalue weighted by molar-refractivity contribution is 6.04. The van der Waals surface area contributed by atoms with Gasteiger partial charge in [-0.3, -0.25) is 9.20 Å². The number of carbonyl (C=O) groups is 1. The monoisotopic (exact) mass is 348 g/mol. The summed E-state index contributed by atoms with van der Waals surface area (Å²) in [4.78, 5) is 12.6. The third-order valence-corrected chi connectivity index (χ3v) is 5.17. The number of pyridine rings is 1. The molecule has 26 heavy (non-hydrogen) atoms. The molecule has 0 saturated heterocycles. The normalized spacial score (nSPS) is 15.0. The van der Waals surface area contributed by atoms with Gasteiger partial charge in [-0.15, -0.1) is 10.2 Å². The third-order valence-electron chi connectivity index (χ3n) is 5.17. The van der Waals surface area contributed by atoms with E-state index in [1.807, 2.05) is 47.0 Å². The molecule has 1 aliphatic rings. The Morgan fingerprint density at radius 2 is 1.81 bits per heavy atom. The van der Waals surface area contributed by atoms with Crippen LogP contribution in [0.3, 0.4) is 0 Å². The van der Waals surface area contributed by atoms with E-state index < -0.39 is 0 Å². The largest absolute Gasteiger partial charge is 0.321 e. The molecule has 0 aliphatic heterocycles. The zero-order valence-corrected chi connectivity index (χ0v) is 15.5. The Morgan fingerprint density at radius 3 is 2.42 bits per heavy atom. The van der Waals surface area contributed by atoms with Crippen molar-refractivity contribution in [1.29, 1.82) is 0 Å². The zero-order chi connectivity index (χ0) is 18.3. The summed E-state index contributed by atoms with van der Waals surface area (Å²) in [5.41, 5.74) is 3.51. The van der Waals surface area contributed by atoms with Crippen LogP contribution in [-0.4, -0.2) is 20.5 Å². The van der Waals surface area contributed by atoms with E-state index in [1.165, 1.54) is 12.0 Å². The van der Waals surface area contributed by atoms with Crippen LogP contribution >= 0.6 is 0 Å². The molecule has 2 heterocycles. The van der Waals surface area contributed by atoms with E-state index in [0.29, 0.717) is 11.5 Å². The Hall–Kier alpha value is -2.69. The number of hydrogen-bond acceptors (Lipinski definition) is 3. The first-order chi connectivity index (χ1) is 12.4. The summed E-state index contributed by atoms with van der Waals surface area (Å²) >= 11 is 0. The lowest BCUT2D eigenvalue weighted by molar-refractivity contribution is 0.102. The van der Waals surface area contributed by atoms with Gasteiger partial charge in [0.1, 0.15) is 5.82 Å². The molecule has 5 heteroatoms. The average molecular weight is 348 g/mol. The van der Waals surface area contributed by atoms with Gasteiger partial charge in [0.25, 0.3) is 5.91 Å². The fraction of sp³-hybridized carbons (Fsp3) is 0.381. The van der Waals surface area contributed by atoms with Crippen molar-refractivity contribution in [2.75, 3.05) is 5.32 Å². The predicted molar refractivity (Wildman–Crippen MR) is 103 cm³/mol. The minimum Gasteiger partial charge on any atom is -0.321 e.